The van der Waals surface area contributed by atoms with Gasteiger partial charge in [-0.15, -0.1) is 0 Å². The summed E-state index contributed by atoms with van der Waals surface area (Å²) in [5.41, 5.74) is 1.14. The molecule has 1 aromatic rings. The first-order valence-corrected chi connectivity index (χ1v) is 8.01. The summed E-state index contributed by atoms with van der Waals surface area (Å²) in [5.74, 6) is 0. The van der Waals surface area contributed by atoms with E-state index < -0.39 is 0 Å². The van der Waals surface area contributed by atoms with Crippen LogP contribution in [0.4, 0.5) is 0 Å². The lowest BCUT2D eigenvalue weighted by Crippen LogP contribution is -2.66. The van der Waals surface area contributed by atoms with Crippen molar-refractivity contribution in [3.05, 3.63) is 33.8 Å². The van der Waals surface area contributed by atoms with Crippen molar-refractivity contribution in [1.82, 2.24) is 15.1 Å². The highest BCUT2D eigenvalue weighted by atomic mass is 35.5. The van der Waals surface area contributed by atoms with Gasteiger partial charge in [0.2, 0.25) is 0 Å². The zero-order valence-corrected chi connectivity index (χ0v) is 13.3. The van der Waals surface area contributed by atoms with Crippen molar-refractivity contribution in [2.24, 2.45) is 0 Å². The molecule has 2 atom stereocenters. The maximum atomic E-state index is 6.33. The highest BCUT2D eigenvalue weighted by Gasteiger charge is 2.36. The molecular formula is C15H21Cl2N3. The second kappa shape index (κ2) is 6.20. The van der Waals surface area contributed by atoms with Crippen molar-refractivity contribution in [2.75, 3.05) is 39.8 Å². The second-order valence-corrected chi connectivity index (χ2v) is 6.50. The zero-order valence-electron chi connectivity index (χ0n) is 11.8. The van der Waals surface area contributed by atoms with E-state index in [0.717, 1.165) is 18.5 Å². The van der Waals surface area contributed by atoms with Crippen LogP contribution in [0.5, 0.6) is 0 Å². The van der Waals surface area contributed by atoms with Crippen molar-refractivity contribution < 1.29 is 0 Å². The van der Waals surface area contributed by atoms with Crippen LogP contribution in [0.1, 0.15) is 5.56 Å². The van der Waals surface area contributed by atoms with Crippen LogP contribution in [-0.4, -0.2) is 61.7 Å². The Morgan fingerprint density at radius 1 is 1.25 bits per heavy atom. The standard InChI is InChI=1S/C15H21Cl2N3/c1-18-13(9-11-3-2-4-12(16)15(11)17)14-10-19-5-7-20(14)8-6-19/h2-4,13-14,18H,5-10H2,1H3. The van der Waals surface area contributed by atoms with E-state index in [1.165, 1.54) is 26.2 Å². The molecule has 3 aliphatic rings. The molecule has 0 spiro atoms. The number of piperazine rings is 3. The molecule has 2 unspecified atom stereocenters. The second-order valence-electron chi connectivity index (χ2n) is 5.72. The summed E-state index contributed by atoms with van der Waals surface area (Å²) in [6, 6.07) is 6.88. The van der Waals surface area contributed by atoms with Gasteiger partial charge >= 0.3 is 0 Å². The van der Waals surface area contributed by atoms with Crippen LogP contribution >= 0.6 is 23.2 Å². The minimum absolute atomic E-state index is 0.411. The van der Waals surface area contributed by atoms with Crippen LogP contribution in [0.15, 0.2) is 18.2 Å². The Balaban J connectivity index is 1.75. The van der Waals surface area contributed by atoms with Crippen molar-refractivity contribution >= 4 is 23.2 Å². The Hall–Kier alpha value is -0.320. The average Bonchev–Trinajstić information content (AvgIpc) is 2.50. The van der Waals surface area contributed by atoms with Crippen LogP contribution < -0.4 is 5.32 Å². The number of hydrogen-bond acceptors (Lipinski definition) is 3. The smallest absolute Gasteiger partial charge is 0.0624 e. The fraction of sp³-hybridized carbons (Fsp3) is 0.600. The zero-order chi connectivity index (χ0) is 14.1. The largest absolute Gasteiger partial charge is 0.315 e. The van der Waals surface area contributed by atoms with Gasteiger partial charge in [0, 0.05) is 44.8 Å². The maximum absolute atomic E-state index is 6.33. The van der Waals surface area contributed by atoms with Gasteiger partial charge in [-0.3, -0.25) is 9.80 Å². The van der Waals surface area contributed by atoms with Crippen molar-refractivity contribution in [2.45, 2.75) is 18.5 Å². The molecule has 3 heterocycles. The molecule has 1 aromatic carbocycles. The Morgan fingerprint density at radius 2 is 2.00 bits per heavy atom. The molecule has 3 saturated heterocycles. The fourth-order valence-corrected chi connectivity index (χ4v) is 3.81. The predicted molar refractivity (Wildman–Crippen MR) is 84.8 cm³/mol. The molecule has 20 heavy (non-hydrogen) atoms. The number of nitrogens with one attached hydrogen (secondary N) is 1. The van der Waals surface area contributed by atoms with Gasteiger partial charge in [0.15, 0.2) is 0 Å². The number of benzene rings is 1. The van der Waals surface area contributed by atoms with Gasteiger partial charge in [-0.2, -0.15) is 0 Å². The lowest BCUT2D eigenvalue weighted by molar-refractivity contribution is -0.00201. The van der Waals surface area contributed by atoms with E-state index in [1.54, 1.807) is 0 Å². The van der Waals surface area contributed by atoms with E-state index in [9.17, 15) is 0 Å². The first kappa shape index (κ1) is 14.6. The Morgan fingerprint density at radius 3 is 2.60 bits per heavy atom. The number of nitrogens with zero attached hydrogens (tertiary/aromatic N) is 2. The first-order chi connectivity index (χ1) is 9.69. The van der Waals surface area contributed by atoms with E-state index in [0.29, 0.717) is 22.1 Å². The average molecular weight is 314 g/mol. The molecule has 0 aliphatic carbocycles. The summed E-state index contributed by atoms with van der Waals surface area (Å²) in [6.07, 6.45) is 0.922. The molecule has 4 rings (SSSR count). The molecule has 0 saturated carbocycles. The highest BCUT2D eigenvalue weighted by Crippen LogP contribution is 2.28. The predicted octanol–water partition coefficient (Wildman–Crippen LogP) is 2.12. The van der Waals surface area contributed by atoms with E-state index in [2.05, 4.69) is 21.2 Å². The quantitative estimate of drug-likeness (QED) is 0.918. The lowest BCUT2D eigenvalue weighted by atomic mass is 9.94. The van der Waals surface area contributed by atoms with Gasteiger partial charge in [0.1, 0.15) is 0 Å². The molecule has 3 aliphatic heterocycles. The molecule has 3 nitrogen and oxygen atoms in total. The fourth-order valence-electron chi connectivity index (χ4n) is 3.41. The number of likely N-dealkylation sites (N-methyl/N-ethyl adjacent to an activating group) is 1. The monoisotopic (exact) mass is 313 g/mol. The third-order valence-corrected chi connectivity index (χ3v) is 5.49. The van der Waals surface area contributed by atoms with Crippen molar-refractivity contribution in [3.8, 4) is 0 Å². The summed E-state index contributed by atoms with van der Waals surface area (Å²) < 4.78 is 0. The van der Waals surface area contributed by atoms with Crippen molar-refractivity contribution in [1.29, 1.82) is 0 Å². The Kier molecular flexibility index (Phi) is 4.53. The molecule has 0 amide bonds. The van der Waals surface area contributed by atoms with Crippen LogP contribution in [0.25, 0.3) is 0 Å². The summed E-state index contributed by atoms with van der Waals surface area (Å²) in [5, 5.41) is 4.83. The van der Waals surface area contributed by atoms with Crippen LogP contribution in [0.3, 0.4) is 0 Å². The third-order valence-electron chi connectivity index (χ3n) is 4.63. The maximum Gasteiger partial charge on any atom is 0.0624 e. The van der Waals surface area contributed by atoms with Gasteiger partial charge in [-0.25, -0.2) is 0 Å². The highest BCUT2D eigenvalue weighted by molar-refractivity contribution is 6.42. The summed E-state index contributed by atoms with van der Waals surface area (Å²) in [4.78, 5) is 5.17. The van der Waals surface area contributed by atoms with Crippen LogP contribution in [0, 0.1) is 0 Å². The normalized spacial score (nSPS) is 30.4. The lowest BCUT2D eigenvalue weighted by Gasteiger charge is -2.50. The van der Waals surface area contributed by atoms with Gasteiger partial charge in [-0.1, -0.05) is 35.3 Å². The van der Waals surface area contributed by atoms with E-state index >= 15 is 0 Å². The molecule has 5 heteroatoms. The SMILES string of the molecule is CNC(Cc1cccc(Cl)c1Cl)C1CN2CCN1CC2. The molecular weight excluding hydrogens is 293 g/mol. The van der Waals surface area contributed by atoms with Crippen molar-refractivity contribution in [3.63, 3.8) is 0 Å². The third kappa shape index (κ3) is 2.83. The summed E-state index contributed by atoms with van der Waals surface area (Å²) in [6.45, 7) is 5.96. The molecule has 2 bridgehead atoms. The number of fused-ring (bicyclic) bond motifs is 3. The van der Waals surface area contributed by atoms with Gasteiger partial charge in [0.25, 0.3) is 0 Å². The van der Waals surface area contributed by atoms with E-state index in [-0.39, 0.29) is 0 Å². The molecule has 0 aromatic heterocycles. The molecule has 0 radical (unpaired) electrons. The van der Waals surface area contributed by atoms with E-state index in [4.69, 9.17) is 23.2 Å². The Labute approximate surface area is 130 Å². The molecule has 1 N–H and O–H groups in total. The molecule has 110 valence electrons. The first-order valence-electron chi connectivity index (χ1n) is 7.25. The van der Waals surface area contributed by atoms with Crippen LogP contribution in [-0.2, 0) is 6.42 Å². The van der Waals surface area contributed by atoms with Crippen LogP contribution in [0.2, 0.25) is 10.0 Å². The van der Waals surface area contributed by atoms with E-state index in [1.807, 2.05) is 19.2 Å². The number of hydrogen-bond donors (Lipinski definition) is 1. The summed E-state index contributed by atoms with van der Waals surface area (Å²) in [7, 11) is 2.04. The van der Waals surface area contributed by atoms with Gasteiger partial charge in [-0.05, 0) is 25.1 Å². The number of rotatable bonds is 4. The summed E-state index contributed by atoms with van der Waals surface area (Å²) >= 11 is 12.4. The molecule has 3 fully saturated rings. The van der Waals surface area contributed by atoms with Gasteiger partial charge < -0.3 is 5.32 Å². The van der Waals surface area contributed by atoms with Gasteiger partial charge in [0.05, 0.1) is 10.0 Å². The minimum Gasteiger partial charge on any atom is -0.315 e. The number of halogens is 2. The Bertz CT molecular complexity index is 472. The minimum atomic E-state index is 0.411. The topological polar surface area (TPSA) is 18.5 Å².